The number of ketones is 1. The molecule has 1 aliphatic carbocycles. The van der Waals surface area contributed by atoms with Crippen molar-refractivity contribution in [3.05, 3.63) is 76.5 Å². The summed E-state index contributed by atoms with van der Waals surface area (Å²) in [4.78, 5) is 17.8. The lowest BCUT2D eigenvalue weighted by molar-refractivity contribution is -0.116. The zero-order valence-electron chi connectivity index (χ0n) is 18.3. The summed E-state index contributed by atoms with van der Waals surface area (Å²) >= 11 is 1.60. The molecular formula is C25H26N4O2S. The second-order valence-corrected chi connectivity index (χ2v) is 9.28. The number of para-hydroxylation sites is 1. The molecule has 32 heavy (non-hydrogen) atoms. The zero-order chi connectivity index (χ0) is 22.1. The van der Waals surface area contributed by atoms with Crippen LogP contribution in [0.5, 0.6) is 5.75 Å². The normalized spacial score (nSPS) is 17.6. The highest BCUT2D eigenvalue weighted by Crippen LogP contribution is 2.43. The molecule has 1 atom stereocenters. The van der Waals surface area contributed by atoms with E-state index in [2.05, 4.69) is 36.3 Å². The summed E-state index contributed by atoms with van der Waals surface area (Å²) < 4.78 is 8.18. The molecule has 0 saturated carbocycles. The van der Waals surface area contributed by atoms with E-state index >= 15 is 0 Å². The predicted molar refractivity (Wildman–Crippen MR) is 126 cm³/mol. The van der Waals surface area contributed by atoms with E-state index in [4.69, 9.17) is 9.84 Å². The van der Waals surface area contributed by atoms with Gasteiger partial charge in [0.2, 0.25) is 11.1 Å². The number of fused-ring (bicyclic) bond motifs is 1. The molecule has 7 heteroatoms. The third-order valence-corrected chi connectivity index (χ3v) is 6.70. The van der Waals surface area contributed by atoms with Gasteiger partial charge in [-0.1, -0.05) is 61.2 Å². The van der Waals surface area contributed by atoms with Crippen LogP contribution in [0.1, 0.15) is 48.9 Å². The van der Waals surface area contributed by atoms with Crippen LogP contribution >= 0.6 is 11.8 Å². The number of rotatable bonds is 6. The molecule has 2 aromatic carbocycles. The Balaban J connectivity index is 1.57. The lowest BCUT2D eigenvalue weighted by atomic mass is 9.85. The molecule has 1 N–H and O–H groups in total. The third-order valence-electron chi connectivity index (χ3n) is 5.98. The summed E-state index contributed by atoms with van der Waals surface area (Å²) in [5.74, 6) is 2.51. The summed E-state index contributed by atoms with van der Waals surface area (Å²) in [6, 6.07) is 15.8. The molecule has 1 aliphatic heterocycles. The summed E-state index contributed by atoms with van der Waals surface area (Å²) in [5.41, 5.74) is 5.02. The minimum absolute atomic E-state index is 0.170. The van der Waals surface area contributed by atoms with E-state index in [-0.39, 0.29) is 11.8 Å². The van der Waals surface area contributed by atoms with Gasteiger partial charge in [-0.3, -0.25) is 4.79 Å². The molecule has 0 radical (unpaired) electrons. The minimum Gasteiger partial charge on any atom is -0.489 e. The van der Waals surface area contributed by atoms with E-state index in [1.807, 2.05) is 41.1 Å². The van der Waals surface area contributed by atoms with E-state index < -0.39 is 0 Å². The summed E-state index contributed by atoms with van der Waals surface area (Å²) in [6.07, 6.45) is 2.25. The molecule has 1 unspecified atom stereocenters. The van der Waals surface area contributed by atoms with E-state index in [9.17, 15) is 4.79 Å². The molecule has 0 amide bonds. The largest absolute Gasteiger partial charge is 0.489 e. The van der Waals surface area contributed by atoms with Gasteiger partial charge in [0.25, 0.3) is 0 Å². The molecule has 3 aromatic rings. The monoisotopic (exact) mass is 446 g/mol. The molecular weight excluding hydrogens is 420 g/mol. The molecule has 5 rings (SSSR count). The molecule has 2 aliphatic rings. The van der Waals surface area contributed by atoms with E-state index in [1.165, 1.54) is 5.56 Å². The topological polar surface area (TPSA) is 69.0 Å². The van der Waals surface area contributed by atoms with Gasteiger partial charge in [-0.2, -0.15) is 4.98 Å². The fourth-order valence-corrected chi connectivity index (χ4v) is 4.93. The number of carbonyl (C=O) groups excluding carboxylic acids is 1. The highest BCUT2D eigenvalue weighted by Gasteiger charge is 2.38. The second kappa shape index (κ2) is 8.82. The first-order valence-corrected chi connectivity index (χ1v) is 12.0. The Morgan fingerprint density at radius 1 is 1.16 bits per heavy atom. The highest BCUT2D eigenvalue weighted by atomic mass is 32.2. The van der Waals surface area contributed by atoms with E-state index in [0.29, 0.717) is 24.1 Å². The van der Waals surface area contributed by atoms with Gasteiger partial charge in [0.15, 0.2) is 5.78 Å². The molecule has 1 aromatic heterocycles. The van der Waals surface area contributed by atoms with Crippen LogP contribution in [-0.4, -0.2) is 26.3 Å². The Kier molecular flexibility index (Phi) is 5.74. The Hall–Kier alpha value is -3.06. The number of nitrogens with zero attached hydrogens (tertiary/aromatic N) is 3. The van der Waals surface area contributed by atoms with Crippen LogP contribution in [0, 0.1) is 6.92 Å². The maximum absolute atomic E-state index is 13.1. The van der Waals surface area contributed by atoms with Crippen LogP contribution in [0.15, 0.2) is 65.0 Å². The predicted octanol–water partition coefficient (Wildman–Crippen LogP) is 5.30. The zero-order valence-corrected chi connectivity index (χ0v) is 19.1. The van der Waals surface area contributed by atoms with Gasteiger partial charge in [0.05, 0.1) is 0 Å². The fourth-order valence-electron chi connectivity index (χ4n) is 4.38. The number of anilines is 1. The molecule has 0 saturated heterocycles. The van der Waals surface area contributed by atoms with Crippen LogP contribution < -0.4 is 10.1 Å². The van der Waals surface area contributed by atoms with Crippen LogP contribution in [0.2, 0.25) is 0 Å². The van der Waals surface area contributed by atoms with Crippen LogP contribution in [0.3, 0.4) is 0 Å². The van der Waals surface area contributed by atoms with Crippen molar-refractivity contribution in [2.24, 2.45) is 0 Å². The van der Waals surface area contributed by atoms with Crippen molar-refractivity contribution in [3.63, 3.8) is 0 Å². The van der Waals surface area contributed by atoms with Gasteiger partial charge >= 0.3 is 0 Å². The second-order valence-electron chi connectivity index (χ2n) is 8.05. The summed E-state index contributed by atoms with van der Waals surface area (Å²) in [5, 5.41) is 8.86. The number of benzene rings is 2. The van der Waals surface area contributed by atoms with Crippen molar-refractivity contribution < 1.29 is 9.53 Å². The van der Waals surface area contributed by atoms with Crippen molar-refractivity contribution in [3.8, 4) is 5.75 Å². The van der Waals surface area contributed by atoms with Crippen molar-refractivity contribution in [2.45, 2.75) is 50.9 Å². The Morgan fingerprint density at radius 2 is 1.97 bits per heavy atom. The number of allylic oxidation sites excluding steroid dienone is 2. The molecule has 6 nitrogen and oxygen atoms in total. The molecule has 164 valence electrons. The minimum atomic E-state index is -0.346. The van der Waals surface area contributed by atoms with Crippen LogP contribution in [-0.2, 0) is 11.4 Å². The highest BCUT2D eigenvalue weighted by molar-refractivity contribution is 7.99. The first-order valence-electron chi connectivity index (χ1n) is 11.0. The van der Waals surface area contributed by atoms with Crippen molar-refractivity contribution in [1.29, 1.82) is 0 Å². The smallest absolute Gasteiger partial charge is 0.227 e. The Bertz CT molecular complexity index is 1200. The van der Waals surface area contributed by atoms with Gasteiger partial charge in [-0.15, -0.1) is 5.10 Å². The number of Topliss-reactive ketones (excluding diaryl/α,β-unsaturated/α-hetero) is 1. The first kappa shape index (κ1) is 20.8. The number of hydrogen-bond acceptors (Lipinski definition) is 6. The number of aromatic nitrogens is 3. The first-order chi connectivity index (χ1) is 15.7. The molecule has 0 fully saturated rings. The Labute approximate surface area is 192 Å². The number of aryl methyl sites for hydroxylation is 1. The maximum Gasteiger partial charge on any atom is 0.227 e. The summed E-state index contributed by atoms with van der Waals surface area (Å²) in [7, 11) is 0. The summed E-state index contributed by atoms with van der Waals surface area (Å²) in [6.45, 7) is 4.64. The van der Waals surface area contributed by atoms with E-state index in [1.54, 1.807) is 11.8 Å². The van der Waals surface area contributed by atoms with Gasteiger partial charge in [-0.25, -0.2) is 4.68 Å². The number of nitrogens with one attached hydrogen (secondary N) is 1. The molecule has 0 bridgehead atoms. The van der Waals surface area contributed by atoms with E-state index in [0.717, 1.165) is 46.7 Å². The third kappa shape index (κ3) is 3.81. The number of ether oxygens (including phenoxy) is 1. The lowest BCUT2D eigenvalue weighted by Gasteiger charge is -2.32. The number of hydrogen-bond donors (Lipinski definition) is 1. The van der Waals surface area contributed by atoms with Crippen LogP contribution in [0.25, 0.3) is 0 Å². The van der Waals surface area contributed by atoms with Crippen molar-refractivity contribution in [2.75, 3.05) is 11.1 Å². The average molecular weight is 447 g/mol. The number of carbonyl (C=O) groups is 1. The van der Waals surface area contributed by atoms with Gasteiger partial charge < -0.3 is 10.1 Å². The fraction of sp³-hybridized carbons (Fsp3) is 0.320. The maximum atomic E-state index is 13.1. The molecule has 0 spiro atoms. The van der Waals surface area contributed by atoms with Crippen molar-refractivity contribution >= 4 is 23.5 Å². The molecule has 2 heterocycles. The average Bonchev–Trinajstić information content (AvgIpc) is 3.20. The quantitative estimate of drug-likeness (QED) is 0.518. The standard InChI is InChI=1S/C25H26N4O2S/c1-3-32-25-27-24-26-19-12-8-13-20(30)22(19)23(29(24)28-25)18-11-6-7-14-21(18)31-15-17-10-5-4-9-16(17)2/h4-7,9-11,14,23H,3,8,12-13,15H2,1-2H3,(H,26,27,28). The Morgan fingerprint density at radius 3 is 2.81 bits per heavy atom. The van der Waals surface area contributed by atoms with Gasteiger partial charge in [0, 0.05) is 23.3 Å². The number of thioether (sulfide) groups is 1. The van der Waals surface area contributed by atoms with Crippen LogP contribution in [0.4, 0.5) is 5.95 Å². The van der Waals surface area contributed by atoms with Gasteiger partial charge in [0.1, 0.15) is 18.4 Å². The van der Waals surface area contributed by atoms with Crippen molar-refractivity contribution in [1.82, 2.24) is 14.8 Å². The van der Waals surface area contributed by atoms with Gasteiger partial charge in [-0.05, 0) is 42.7 Å². The lowest BCUT2D eigenvalue weighted by Crippen LogP contribution is -2.31. The SMILES string of the molecule is CCSc1nc2n(n1)C(c1ccccc1OCc1ccccc1C)C1=C(CCCC1=O)N2.